The number of aliphatic hydroxyl groups excluding tert-OH is 1. The fourth-order valence-electron chi connectivity index (χ4n) is 2.21. The van der Waals surface area contributed by atoms with Crippen molar-refractivity contribution in [3.05, 3.63) is 0 Å². The second-order valence-corrected chi connectivity index (χ2v) is 3.80. The molecule has 0 aromatic carbocycles. The van der Waals surface area contributed by atoms with Crippen LogP contribution in [0.4, 0.5) is 0 Å². The van der Waals surface area contributed by atoms with E-state index >= 15 is 0 Å². The molecule has 2 rings (SSSR count). The average Bonchev–Trinajstić information content (AvgIpc) is 2.57. The predicted molar refractivity (Wildman–Crippen MR) is 46.0 cm³/mol. The van der Waals surface area contributed by atoms with Crippen LogP contribution in [0.3, 0.4) is 0 Å². The molecule has 2 heterocycles. The van der Waals surface area contributed by atoms with Crippen molar-refractivity contribution in [2.24, 2.45) is 5.92 Å². The van der Waals surface area contributed by atoms with Crippen molar-refractivity contribution in [3.63, 3.8) is 0 Å². The minimum Gasteiger partial charge on any atom is -0.393 e. The minimum absolute atomic E-state index is 0.144. The Bertz CT molecular complexity index is 145. The molecule has 0 aliphatic carbocycles. The lowest BCUT2D eigenvalue weighted by Crippen LogP contribution is -2.44. The quantitative estimate of drug-likeness (QED) is 0.589. The zero-order chi connectivity index (χ0) is 8.39. The van der Waals surface area contributed by atoms with Gasteiger partial charge in [-0.1, -0.05) is 0 Å². The van der Waals surface area contributed by atoms with Gasteiger partial charge < -0.3 is 15.2 Å². The maximum absolute atomic E-state index is 9.71. The Morgan fingerprint density at radius 3 is 2.92 bits per heavy atom. The standard InChI is InChI=1S/C9H17NO2/c11-9-3-5-12-6-7(9)8-2-1-4-10-8/h7-11H,1-6H2/t7-,8-,9+/m0/s1. The van der Waals surface area contributed by atoms with E-state index in [9.17, 15) is 5.11 Å². The third-order valence-corrected chi connectivity index (χ3v) is 2.98. The van der Waals surface area contributed by atoms with E-state index in [0.29, 0.717) is 12.0 Å². The van der Waals surface area contributed by atoms with Crippen LogP contribution in [0.5, 0.6) is 0 Å². The molecule has 2 N–H and O–H groups in total. The molecule has 3 nitrogen and oxygen atoms in total. The van der Waals surface area contributed by atoms with Gasteiger partial charge in [-0.2, -0.15) is 0 Å². The molecular weight excluding hydrogens is 154 g/mol. The van der Waals surface area contributed by atoms with E-state index in [4.69, 9.17) is 4.74 Å². The summed E-state index contributed by atoms with van der Waals surface area (Å²) in [6.07, 6.45) is 3.11. The summed E-state index contributed by atoms with van der Waals surface area (Å²) < 4.78 is 5.36. The topological polar surface area (TPSA) is 41.5 Å². The summed E-state index contributed by atoms with van der Waals surface area (Å²) in [6, 6.07) is 0.500. The van der Waals surface area contributed by atoms with Crippen LogP contribution in [0.2, 0.25) is 0 Å². The van der Waals surface area contributed by atoms with Crippen molar-refractivity contribution >= 4 is 0 Å². The number of rotatable bonds is 1. The van der Waals surface area contributed by atoms with Crippen LogP contribution in [0, 0.1) is 5.92 Å². The molecule has 2 aliphatic rings. The molecule has 3 heteroatoms. The molecule has 0 aromatic rings. The van der Waals surface area contributed by atoms with E-state index in [0.717, 1.165) is 26.2 Å². The Morgan fingerprint density at radius 1 is 1.33 bits per heavy atom. The van der Waals surface area contributed by atoms with Crippen LogP contribution >= 0.6 is 0 Å². The van der Waals surface area contributed by atoms with E-state index in [-0.39, 0.29) is 6.10 Å². The van der Waals surface area contributed by atoms with E-state index in [1.54, 1.807) is 0 Å². The van der Waals surface area contributed by atoms with Crippen LogP contribution in [0.25, 0.3) is 0 Å². The molecule has 0 unspecified atom stereocenters. The summed E-state index contributed by atoms with van der Waals surface area (Å²) in [5, 5.41) is 13.1. The van der Waals surface area contributed by atoms with Crippen LogP contribution in [0.15, 0.2) is 0 Å². The molecule has 0 spiro atoms. The van der Waals surface area contributed by atoms with Crippen molar-refractivity contribution in [1.29, 1.82) is 0 Å². The molecule has 2 saturated heterocycles. The first-order chi connectivity index (χ1) is 5.88. The number of hydrogen-bond donors (Lipinski definition) is 2. The Kier molecular flexibility index (Phi) is 2.63. The van der Waals surface area contributed by atoms with Gasteiger partial charge in [0.05, 0.1) is 12.7 Å². The Hall–Kier alpha value is -0.120. The number of nitrogens with one attached hydrogen (secondary N) is 1. The zero-order valence-electron chi connectivity index (χ0n) is 7.33. The Balaban J connectivity index is 1.91. The van der Waals surface area contributed by atoms with Crippen LogP contribution in [0.1, 0.15) is 19.3 Å². The second kappa shape index (κ2) is 3.73. The molecule has 2 fully saturated rings. The Labute approximate surface area is 73.1 Å². The highest BCUT2D eigenvalue weighted by Gasteiger charge is 2.32. The molecule has 70 valence electrons. The van der Waals surface area contributed by atoms with Crippen molar-refractivity contribution < 1.29 is 9.84 Å². The van der Waals surface area contributed by atoms with Gasteiger partial charge in [-0.05, 0) is 25.8 Å². The summed E-state index contributed by atoms with van der Waals surface area (Å²) in [5.74, 6) is 0.334. The maximum Gasteiger partial charge on any atom is 0.0627 e. The van der Waals surface area contributed by atoms with Crippen molar-refractivity contribution in [2.45, 2.75) is 31.4 Å². The van der Waals surface area contributed by atoms with E-state index in [1.165, 1.54) is 12.8 Å². The van der Waals surface area contributed by atoms with Gasteiger partial charge in [-0.15, -0.1) is 0 Å². The first-order valence-electron chi connectivity index (χ1n) is 4.87. The molecule has 0 aromatic heterocycles. The fraction of sp³-hybridized carbons (Fsp3) is 1.00. The third-order valence-electron chi connectivity index (χ3n) is 2.98. The van der Waals surface area contributed by atoms with Crippen molar-refractivity contribution in [1.82, 2.24) is 5.32 Å². The van der Waals surface area contributed by atoms with E-state index in [1.807, 2.05) is 0 Å². The van der Waals surface area contributed by atoms with Gasteiger partial charge >= 0.3 is 0 Å². The maximum atomic E-state index is 9.71. The van der Waals surface area contributed by atoms with Crippen molar-refractivity contribution in [2.75, 3.05) is 19.8 Å². The largest absolute Gasteiger partial charge is 0.393 e. The molecule has 2 aliphatic heterocycles. The van der Waals surface area contributed by atoms with E-state index < -0.39 is 0 Å². The molecule has 0 bridgehead atoms. The van der Waals surface area contributed by atoms with Gasteiger partial charge in [0.1, 0.15) is 0 Å². The molecule has 3 atom stereocenters. The van der Waals surface area contributed by atoms with Gasteiger partial charge in [-0.25, -0.2) is 0 Å². The van der Waals surface area contributed by atoms with Gasteiger partial charge in [0.15, 0.2) is 0 Å². The van der Waals surface area contributed by atoms with E-state index in [2.05, 4.69) is 5.32 Å². The number of aliphatic hydroxyl groups is 1. The fourth-order valence-corrected chi connectivity index (χ4v) is 2.21. The number of hydrogen-bond acceptors (Lipinski definition) is 3. The zero-order valence-corrected chi connectivity index (χ0v) is 7.33. The lowest BCUT2D eigenvalue weighted by molar-refractivity contribution is -0.0466. The lowest BCUT2D eigenvalue weighted by Gasteiger charge is -2.32. The van der Waals surface area contributed by atoms with Crippen LogP contribution < -0.4 is 5.32 Å². The highest BCUT2D eigenvalue weighted by atomic mass is 16.5. The lowest BCUT2D eigenvalue weighted by atomic mass is 9.90. The van der Waals surface area contributed by atoms with Gasteiger partial charge in [0.25, 0.3) is 0 Å². The summed E-state index contributed by atoms with van der Waals surface area (Å²) in [6.45, 7) is 2.57. The molecule has 12 heavy (non-hydrogen) atoms. The van der Waals surface area contributed by atoms with Crippen molar-refractivity contribution in [3.8, 4) is 0 Å². The highest BCUT2D eigenvalue weighted by Crippen LogP contribution is 2.23. The minimum atomic E-state index is -0.144. The number of ether oxygens (including phenoxy) is 1. The normalized spacial score (nSPS) is 43.2. The first kappa shape index (κ1) is 8.48. The van der Waals surface area contributed by atoms with Crippen LogP contribution in [-0.4, -0.2) is 37.0 Å². The predicted octanol–water partition coefficient (Wildman–Crippen LogP) is 0.136. The summed E-state index contributed by atoms with van der Waals surface area (Å²) in [7, 11) is 0. The summed E-state index contributed by atoms with van der Waals surface area (Å²) >= 11 is 0. The average molecular weight is 171 g/mol. The van der Waals surface area contributed by atoms with Gasteiger partial charge in [-0.3, -0.25) is 0 Å². The summed E-state index contributed by atoms with van der Waals surface area (Å²) in [4.78, 5) is 0. The van der Waals surface area contributed by atoms with Crippen LogP contribution in [-0.2, 0) is 4.74 Å². The molecule has 0 radical (unpaired) electrons. The third kappa shape index (κ3) is 1.63. The molecule has 0 amide bonds. The SMILES string of the molecule is O[C@@H]1CCOC[C@H]1[C@@H]1CCCN1. The smallest absolute Gasteiger partial charge is 0.0627 e. The summed E-state index contributed by atoms with van der Waals surface area (Å²) in [5.41, 5.74) is 0. The van der Waals surface area contributed by atoms with Gasteiger partial charge in [0, 0.05) is 18.6 Å². The first-order valence-corrected chi connectivity index (χ1v) is 4.87. The monoisotopic (exact) mass is 171 g/mol. The molecular formula is C9H17NO2. The second-order valence-electron chi connectivity index (χ2n) is 3.80. The highest BCUT2D eigenvalue weighted by molar-refractivity contribution is 4.87. The molecule has 0 saturated carbocycles. The van der Waals surface area contributed by atoms with Gasteiger partial charge in [0.2, 0.25) is 0 Å². The Morgan fingerprint density at radius 2 is 2.25 bits per heavy atom.